The summed E-state index contributed by atoms with van der Waals surface area (Å²) in [6.45, 7) is 0. The second kappa shape index (κ2) is 18.7. The molecule has 14 rings (SSSR count). The largest absolute Gasteiger partial charge is 0.489 e. The Balaban J connectivity index is 0.000000119. The molecule has 0 aliphatic heterocycles. The Hall–Kier alpha value is -8.40. The van der Waals surface area contributed by atoms with E-state index >= 15 is 0 Å². The molecule has 0 fully saturated rings. The van der Waals surface area contributed by atoms with Gasteiger partial charge in [0.1, 0.15) is 11.6 Å². The molecular formula is C64H46BBrN4O2. The lowest BCUT2D eigenvalue weighted by Gasteiger charge is -2.13. The lowest BCUT2D eigenvalue weighted by Crippen LogP contribution is -2.30. The monoisotopic (exact) mass is 992 g/mol. The Morgan fingerprint density at radius 1 is 0.375 bits per heavy atom. The average molecular weight is 994 g/mol. The molecule has 344 valence electrons. The maximum Gasteiger partial charge on any atom is 0.489 e. The van der Waals surface area contributed by atoms with Gasteiger partial charge in [-0.1, -0.05) is 210 Å². The molecule has 12 aromatic carbocycles. The highest BCUT2D eigenvalue weighted by molar-refractivity contribution is 9.10. The first-order valence-electron chi connectivity index (χ1n) is 24.0. The van der Waals surface area contributed by atoms with E-state index in [1.807, 2.05) is 92.0 Å². The van der Waals surface area contributed by atoms with Crippen LogP contribution in [-0.2, 0) is 14.1 Å². The van der Waals surface area contributed by atoms with Crippen molar-refractivity contribution in [1.82, 2.24) is 19.1 Å². The van der Waals surface area contributed by atoms with E-state index in [9.17, 15) is 10.0 Å². The molecule has 0 amide bonds. The van der Waals surface area contributed by atoms with Gasteiger partial charge in [-0.3, -0.25) is 0 Å². The molecule has 2 N–H and O–H groups in total. The zero-order valence-corrected chi connectivity index (χ0v) is 41.2. The van der Waals surface area contributed by atoms with Gasteiger partial charge in [0.25, 0.3) is 0 Å². The van der Waals surface area contributed by atoms with Gasteiger partial charge in [0, 0.05) is 29.7 Å². The Morgan fingerprint density at radius 2 is 0.806 bits per heavy atom. The molecule has 72 heavy (non-hydrogen) atoms. The molecule has 0 unspecified atom stereocenters. The highest BCUT2D eigenvalue weighted by atomic mass is 79.9. The summed E-state index contributed by atoms with van der Waals surface area (Å²) >= 11 is 3.47. The Morgan fingerprint density at radius 3 is 1.36 bits per heavy atom. The van der Waals surface area contributed by atoms with E-state index in [-0.39, 0.29) is 0 Å². The molecular weight excluding hydrogens is 947 g/mol. The molecule has 0 aliphatic rings. The van der Waals surface area contributed by atoms with Crippen LogP contribution < -0.4 is 5.46 Å². The Kier molecular flexibility index (Phi) is 11.7. The highest BCUT2D eigenvalue weighted by Crippen LogP contribution is 2.40. The van der Waals surface area contributed by atoms with Crippen LogP contribution in [0.3, 0.4) is 0 Å². The molecule has 6 nitrogen and oxygen atoms in total. The van der Waals surface area contributed by atoms with Crippen LogP contribution in [0.1, 0.15) is 0 Å². The van der Waals surface area contributed by atoms with E-state index < -0.39 is 7.12 Å². The van der Waals surface area contributed by atoms with Crippen molar-refractivity contribution in [1.29, 1.82) is 0 Å². The van der Waals surface area contributed by atoms with E-state index in [1.54, 1.807) is 0 Å². The molecule has 0 radical (unpaired) electrons. The van der Waals surface area contributed by atoms with Crippen LogP contribution in [0.25, 0.3) is 121 Å². The number of imidazole rings is 2. The summed E-state index contributed by atoms with van der Waals surface area (Å²) in [5, 5.41) is 33.5. The minimum absolute atomic E-state index is 0.549. The molecule has 0 atom stereocenters. The Labute approximate surface area is 425 Å². The van der Waals surface area contributed by atoms with Crippen LogP contribution in [0.4, 0.5) is 0 Å². The second-order valence-corrected chi connectivity index (χ2v) is 19.1. The maximum absolute atomic E-state index is 9.65. The molecule has 2 aromatic heterocycles. The first-order valence-corrected chi connectivity index (χ1v) is 24.8. The summed E-state index contributed by atoms with van der Waals surface area (Å²) in [4.78, 5) is 9.69. The van der Waals surface area contributed by atoms with Gasteiger partial charge in [0.15, 0.2) is 0 Å². The quantitative estimate of drug-likeness (QED) is 0.136. The van der Waals surface area contributed by atoms with Gasteiger partial charge in [-0.25, -0.2) is 9.97 Å². The van der Waals surface area contributed by atoms with Crippen molar-refractivity contribution in [2.45, 2.75) is 0 Å². The number of hydrogen-bond donors (Lipinski definition) is 2. The molecule has 0 aliphatic carbocycles. The van der Waals surface area contributed by atoms with Gasteiger partial charge in [0.05, 0.1) is 22.1 Å². The van der Waals surface area contributed by atoms with Crippen molar-refractivity contribution in [3.05, 3.63) is 235 Å². The predicted molar refractivity (Wildman–Crippen MR) is 307 cm³/mol. The number of halogens is 1. The van der Waals surface area contributed by atoms with Crippen molar-refractivity contribution >= 4 is 115 Å². The van der Waals surface area contributed by atoms with Crippen LogP contribution >= 0.6 is 15.9 Å². The number of rotatable bonds is 4. The SMILES string of the molecule is Cn1c(-c2ccccc2)nc2cc(-c3cc4ccc5ccccc5c4c4ccccc34)ccc21.Cn1c(-c2ccccc2)nc2cc(Br)ccc21.OB(O)c1cc2ccc3ccccc3c2c2ccccc12. The minimum atomic E-state index is -1.47. The molecule has 0 bridgehead atoms. The van der Waals surface area contributed by atoms with E-state index in [0.717, 1.165) is 70.9 Å². The third-order valence-corrected chi connectivity index (χ3v) is 14.4. The summed E-state index contributed by atoms with van der Waals surface area (Å²) in [5.74, 6) is 1.99. The van der Waals surface area contributed by atoms with Gasteiger partial charge < -0.3 is 19.2 Å². The number of aromatic nitrogens is 4. The third-order valence-electron chi connectivity index (χ3n) is 13.9. The van der Waals surface area contributed by atoms with Crippen molar-refractivity contribution in [2.75, 3.05) is 0 Å². The second-order valence-electron chi connectivity index (χ2n) is 18.2. The fourth-order valence-corrected chi connectivity index (χ4v) is 10.8. The topological polar surface area (TPSA) is 76.1 Å². The molecule has 0 saturated carbocycles. The summed E-state index contributed by atoms with van der Waals surface area (Å²) in [5.41, 5.74) is 9.57. The van der Waals surface area contributed by atoms with Crippen LogP contribution in [0.15, 0.2) is 235 Å². The first-order chi connectivity index (χ1) is 35.3. The number of benzene rings is 12. The molecule has 0 spiro atoms. The smallest absolute Gasteiger partial charge is 0.423 e. The number of nitrogens with zero attached hydrogens (tertiary/aromatic N) is 4. The first kappa shape index (κ1) is 44.8. The van der Waals surface area contributed by atoms with Crippen molar-refractivity contribution in [2.24, 2.45) is 14.1 Å². The van der Waals surface area contributed by atoms with Crippen LogP contribution in [0.2, 0.25) is 0 Å². The molecule has 8 heteroatoms. The van der Waals surface area contributed by atoms with Gasteiger partial charge >= 0.3 is 7.12 Å². The van der Waals surface area contributed by atoms with Crippen molar-refractivity contribution in [3.63, 3.8) is 0 Å². The van der Waals surface area contributed by atoms with E-state index in [2.05, 4.69) is 183 Å². The number of aryl methyl sites for hydroxylation is 2. The van der Waals surface area contributed by atoms with Crippen molar-refractivity contribution in [3.8, 4) is 33.9 Å². The number of fused-ring (bicyclic) bond motifs is 12. The summed E-state index contributed by atoms with van der Waals surface area (Å²) in [6.07, 6.45) is 0. The van der Waals surface area contributed by atoms with Gasteiger partial charge in [-0.15, -0.1) is 0 Å². The number of hydrogen-bond acceptors (Lipinski definition) is 4. The standard InChI is InChI=1S/C32H22N2.C18H13BO2.C14H11BrN2/c1-34-30-18-17-23(20-29(30)33-32(34)22-10-3-2-4-11-22)28-19-24-16-15-21-9-5-6-12-25(21)31(24)27-14-8-7-13-26(27)28;20-19(21)17-11-13-10-9-12-5-1-2-6-14(12)18(13)16-8-4-3-7-15(16)17;1-17-13-8-7-11(15)9-12(13)16-14(17)10-5-3-2-4-6-10/h2-20H,1H3;1-11,20-21H;2-9H,1H3. The molecule has 14 aromatic rings. The van der Waals surface area contributed by atoms with Crippen molar-refractivity contribution < 1.29 is 10.0 Å². The third kappa shape index (κ3) is 8.05. The fourth-order valence-electron chi connectivity index (χ4n) is 10.5. The average Bonchev–Trinajstić information content (AvgIpc) is 3.94. The molecule has 0 saturated heterocycles. The predicted octanol–water partition coefficient (Wildman–Crippen LogP) is 15.2. The maximum atomic E-state index is 9.65. The van der Waals surface area contributed by atoms with Crippen LogP contribution in [0.5, 0.6) is 0 Å². The van der Waals surface area contributed by atoms with E-state index in [4.69, 9.17) is 4.98 Å². The summed E-state index contributed by atoms with van der Waals surface area (Å²) in [6, 6.07) is 79.8. The summed E-state index contributed by atoms with van der Waals surface area (Å²) in [7, 11) is 2.67. The fraction of sp³-hybridized carbons (Fsp3) is 0.0312. The molecule has 2 heterocycles. The van der Waals surface area contributed by atoms with Crippen LogP contribution in [-0.4, -0.2) is 36.3 Å². The normalized spacial score (nSPS) is 11.4. The summed E-state index contributed by atoms with van der Waals surface area (Å²) < 4.78 is 5.36. The zero-order chi connectivity index (χ0) is 48.9. The van der Waals surface area contributed by atoms with Gasteiger partial charge in [0.2, 0.25) is 0 Å². The zero-order valence-electron chi connectivity index (χ0n) is 39.6. The Bertz CT molecular complexity index is 4360. The lowest BCUT2D eigenvalue weighted by molar-refractivity contribution is 0.426. The van der Waals surface area contributed by atoms with Gasteiger partial charge in [-0.2, -0.15) is 0 Å². The van der Waals surface area contributed by atoms with E-state index in [0.29, 0.717) is 5.46 Å². The van der Waals surface area contributed by atoms with Crippen LogP contribution in [0, 0.1) is 0 Å². The lowest BCUT2D eigenvalue weighted by atomic mass is 9.75. The highest BCUT2D eigenvalue weighted by Gasteiger charge is 2.18. The minimum Gasteiger partial charge on any atom is -0.423 e. The van der Waals surface area contributed by atoms with Gasteiger partial charge in [-0.05, 0) is 118 Å². The van der Waals surface area contributed by atoms with E-state index in [1.165, 1.54) is 54.2 Å².